The number of hydrogen-bond acceptors (Lipinski definition) is 5. The molecule has 1 aromatic rings. The molecule has 6 heteroatoms. The molecule has 1 aliphatic heterocycles. The van der Waals surface area contributed by atoms with Crippen LogP contribution in [0.2, 0.25) is 0 Å². The summed E-state index contributed by atoms with van der Waals surface area (Å²) in [7, 11) is 0. The number of benzene rings is 1. The number of carbonyl (C=O) groups excluding carboxylic acids is 1. The van der Waals surface area contributed by atoms with E-state index in [4.69, 9.17) is 14.2 Å². The van der Waals surface area contributed by atoms with E-state index >= 15 is 0 Å². The predicted octanol–water partition coefficient (Wildman–Crippen LogP) is 3.04. The fraction of sp³-hybridized carbons (Fsp3) is 0.611. The molecule has 1 unspecified atom stereocenters. The Morgan fingerprint density at radius 1 is 1.29 bits per heavy atom. The molecule has 1 amide bonds. The molecule has 2 N–H and O–H groups in total. The third-order valence-corrected chi connectivity index (χ3v) is 3.50. The van der Waals surface area contributed by atoms with E-state index in [1.807, 2.05) is 32.9 Å². The summed E-state index contributed by atoms with van der Waals surface area (Å²) in [5, 5.41) is 6.07. The van der Waals surface area contributed by atoms with Crippen molar-refractivity contribution in [2.24, 2.45) is 5.92 Å². The number of amides is 1. The molecule has 1 saturated heterocycles. The Morgan fingerprint density at radius 3 is 2.67 bits per heavy atom. The summed E-state index contributed by atoms with van der Waals surface area (Å²) >= 11 is 0. The van der Waals surface area contributed by atoms with Crippen molar-refractivity contribution in [3.63, 3.8) is 0 Å². The van der Waals surface area contributed by atoms with Crippen molar-refractivity contribution in [1.82, 2.24) is 5.32 Å². The van der Waals surface area contributed by atoms with E-state index in [-0.39, 0.29) is 0 Å². The van der Waals surface area contributed by atoms with Crippen LogP contribution in [0.25, 0.3) is 0 Å². The van der Waals surface area contributed by atoms with Gasteiger partial charge in [-0.25, -0.2) is 4.79 Å². The first-order chi connectivity index (χ1) is 11.4. The molecule has 0 saturated carbocycles. The molecule has 2 rings (SSSR count). The molecule has 1 atom stereocenters. The monoisotopic (exact) mass is 336 g/mol. The molecule has 134 valence electrons. The maximum absolute atomic E-state index is 11.7. The smallest absolute Gasteiger partial charge is 0.412 e. The third-order valence-electron chi connectivity index (χ3n) is 3.50. The van der Waals surface area contributed by atoms with Gasteiger partial charge in [0.1, 0.15) is 18.0 Å². The van der Waals surface area contributed by atoms with E-state index < -0.39 is 11.7 Å². The van der Waals surface area contributed by atoms with E-state index in [9.17, 15) is 4.79 Å². The molecule has 0 radical (unpaired) electrons. The van der Waals surface area contributed by atoms with Crippen LogP contribution >= 0.6 is 0 Å². The molecule has 6 nitrogen and oxygen atoms in total. The first-order valence-electron chi connectivity index (χ1n) is 8.44. The minimum atomic E-state index is -0.509. The van der Waals surface area contributed by atoms with Gasteiger partial charge in [-0.15, -0.1) is 0 Å². The zero-order valence-corrected chi connectivity index (χ0v) is 14.8. The average Bonchev–Trinajstić information content (AvgIpc) is 3.00. The van der Waals surface area contributed by atoms with Gasteiger partial charge in [-0.2, -0.15) is 0 Å². The molecule has 1 aliphatic rings. The Labute approximate surface area is 143 Å². The van der Waals surface area contributed by atoms with Crippen molar-refractivity contribution < 1.29 is 19.0 Å². The van der Waals surface area contributed by atoms with E-state index in [1.54, 1.807) is 12.1 Å². The lowest BCUT2D eigenvalue weighted by molar-refractivity contribution is 0.0636. The lowest BCUT2D eigenvalue weighted by atomic mass is 10.1. The van der Waals surface area contributed by atoms with E-state index in [1.165, 1.54) is 0 Å². The summed E-state index contributed by atoms with van der Waals surface area (Å²) in [6, 6.07) is 7.25. The normalized spacial score (nSPS) is 17.5. The van der Waals surface area contributed by atoms with Crippen LogP contribution in [0.5, 0.6) is 5.75 Å². The molecule has 1 fully saturated rings. The fourth-order valence-electron chi connectivity index (χ4n) is 2.35. The van der Waals surface area contributed by atoms with Gasteiger partial charge in [-0.3, -0.25) is 5.32 Å². The van der Waals surface area contributed by atoms with Crippen LogP contribution in [0, 0.1) is 5.92 Å². The molecule has 1 aromatic carbocycles. The van der Waals surface area contributed by atoms with Crippen molar-refractivity contribution in [3.05, 3.63) is 24.3 Å². The Balaban J connectivity index is 1.63. The van der Waals surface area contributed by atoms with Crippen molar-refractivity contribution in [1.29, 1.82) is 0 Å². The van der Waals surface area contributed by atoms with Gasteiger partial charge in [-0.05, 0) is 57.4 Å². The minimum absolute atomic E-state index is 0.462. The number of ether oxygens (including phenoxy) is 3. The quantitative estimate of drug-likeness (QED) is 0.749. The van der Waals surface area contributed by atoms with Gasteiger partial charge in [-0.1, -0.05) is 0 Å². The topological polar surface area (TPSA) is 68.8 Å². The van der Waals surface area contributed by atoms with Gasteiger partial charge < -0.3 is 19.5 Å². The minimum Gasteiger partial charge on any atom is -0.492 e. The van der Waals surface area contributed by atoms with Crippen LogP contribution in [0.4, 0.5) is 10.5 Å². The Hall–Kier alpha value is -1.79. The van der Waals surface area contributed by atoms with Gasteiger partial charge in [0.2, 0.25) is 0 Å². The molecular formula is C18H28N2O4. The molecule has 24 heavy (non-hydrogen) atoms. The number of rotatable bonds is 7. The molecular weight excluding hydrogens is 308 g/mol. The van der Waals surface area contributed by atoms with Gasteiger partial charge in [0, 0.05) is 25.4 Å². The lowest BCUT2D eigenvalue weighted by Gasteiger charge is -2.19. The summed E-state index contributed by atoms with van der Waals surface area (Å²) in [6.07, 6.45) is 0.677. The second-order valence-electron chi connectivity index (χ2n) is 6.93. The summed E-state index contributed by atoms with van der Waals surface area (Å²) in [5.41, 5.74) is 0.168. The molecule has 0 aliphatic carbocycles. The maximum atomic E-state index is 11.7. The summed E-state index contributed by atoms with van der Waals surface area (Å²) in [6.45, 7) is 9.61. The van der Waals surface area contributed by atoms with E-state index in [0.29, 0.717) is 18.2 Å². The third kappa shape index (κ3) is 7.19. The van der Waals surface area contributed by atoms with Gasteiger partial charge in [0.05, 0.1) is 6.61 Å². The Kier molecular flexibility index (Phi) is 6.87. The SMILES string of the molecule is CC(C)(C)OC(=O)Nc1ccc(OCCNCC2CCOC2)cc1. The van der Waals surface area contributed by atoms with Gasteiger partial charge in [0.15, 0.2) is 0 Å². The summed E-state index contributed by atoms with van der Waals surface area (Å²) < 4.78 is 16.2. The number of nitrogens with one attached hydrogen (secondary N) is 2. The predicted molar refractivity (Wildman–Crippen MR) is 93.6 cm³/mol. The number of anilines is 1. The number of hydrogen-bond donors (Lipinski definition) is 2. The largest absolute Gasteiger partial charge is 0.492 e. The zero-order chi connectivity index (χ0) is 17.4. The second kappa shape index (κ2) is 8.89. The van der Waals surface area contributed by atoms with Crippen LogP contribution in [0.1, 0.15) is 27.2 Å². The fourth-order valence-corrected chi connectivity index (χ4v) is 2.35. The first-order valence-corrected chi connectivity index (χ1v) is 8.44. The van der Waals surface area contributed by atoms with Crippen molar-refractivity contribution in [2.75, 3.05) is 38.2 Å². The summed E-state index contributed by atoms with van der Waals surface area (Å²) in [4.78, 5) is 11.7. The first kappa shape index (κ1) is 18.5. The highest BCUT2D eigenvalue weighted by atomic mass is 16.6. The van der Waals surface area contributed by atoms with E-state index in [0.717, 1.165) is 38.5 Å². The molecule has 0 bridgehead atoms. The summed E-state index contributed by atoms with van der Waals surface area (Å²) in [5.74, 6) is 1.40. The average molecular weight is 336 g/mol. The van der Waals surface area contributed by atoms with Crippen molar-refractivity contribution >= 4 is 11.8 Å². The highest BCUT2D eigenvalue weighted by Crippen LogP contribution is 2.17. The standard InChI is InChI=1S/C18H28N2O4/c1-18(2,3)24-17(21)20-15-4-6-16(7-5-15)23-11-9-19-12-14-8-10-22-13-14/h4-7,14,19H,8-13H2,1-3H3,(H,20,21). The Bertz CT molecular complexity index is 505. The van der Waals surface area contributed by atoms with Crippen molar-refractivity contribution in [2.45, 2.75) is 32.8 Å². The van der Waals surface area contributed by atoms with Gasteiger partial charge in [0.25, 0.3) is 0 Å². The molecule has 0 aromatic heterocycles. The molecule has 1 heterocycles. The van der Waals surface area contributed by atoms with E-state index in [2.05, 4.69) is 10.6 Å². The Morgan fingerprint density at radius 2 is 2.04 bits per heavy atom. The van der Waals surface area contributed by atoms with Gasteiger partial charge >= 0.3 is 6.09 Å². The van der Waals surface area contributed by atoms with Crippen molar-refractivity contribution in [3.8, 4) is 5.75 Å². The zero-order valence-electron chi connectivity index (χ0n) is 14.8. The highest BCUT2D eigenvalue weighted by Gasteiger charge is 2.16. The van der Waals surface area contributed by atoms with Crippen LogP contribution < -0.4 is 15.4 Å². The second-order valence-corrected chi connectivity index (χ2v) is 6.93. The van der Waals surface area contributed by atoms with Crippen LogP contribution in [-0.2, 0) is 9.47 Å². The highest BCUT2D eigenvalue weighted by molar-refractivity contribution is 5.84. The van der Waals surface area contributed by atoms with Crippen LogP contribution in [0.15, 0.2) is 24.3 Å². The lowest BCUT2D eigenvalue weighted by Crippen LogP contribution is -2.27. The van der Waals surface area contributed by atoms with Crippen LogP contribution in [0.3, 0.4) is 0 Å². The van der Waals surface area contributed by atoms with Crippen LogP contribution in [-0.4, -0.2) is 44.6 Å². The molecule has 0 spiro atoms. The number of carbonyl (C=O) groups is 1. The maximum Gasteiger partial charge on any atom is 0.412 e.